The van der Waals surface area contributed by atoms with E-state index in [2.05, 4.69) is 4.98 Å². The van der Waals surface area contributed by atoms with Crippen molar-refractivity contribution in [2.45, 2.75) is 19.4 Å². The van der Waals surface area contributed by atoms with Crippen LogP contribution >= 0.6 is 11.3 Å². The summed E-state index contributed by atoms with van der Waals surface area (Å²) >= 11 is 1.58. The predicted molar refractivity (Wildman–Crippen MR) is 110 cm³/mol. The first-order valence-corrected chi connectivity index (χ1v) is 9.99. The number of para-hydroxylation sites is 3. The molecule has 0 radical (unpaired) electrons. The molecule has 4 rings (SSSR count). The highest BCUT2D eigenvalue weighted by molar-refractivity contribution is 7.18. The van der Waals surface area contributed by atoms with Crippen LogP contribution in [0.1, 0.15) is 24.4 Å². The SMILES string of the molecule is CC(c1nc2ccccc2s1)N(C)C(=O)CN1C(=O)CCOc2ccccc21. The highest BCUT2D eigenvalue weighted by Crippen LogP contribution is 2.32. The maximum absolute atomic E-state index is 13.0. The van der Waals surface area contributed by atoms with Gasteiger partial charge in [0, 0.05) is 7.05 Å². The van der Waals surface area contributed by atoms with Gasteiger partial charge in [0.15, 0.2) is 0 Å². The molecule has 0 saturated heterocycles. The number of hydrogen-bond acceptors (Lipinski definition) is 5. The highest BCUT2D eigenvalue weighted by Gasteiger charge is 2.28. The van der Waals surface area contributed by atoms with Crippen LogP contribution in [-0.4, -0.2) is 41.9 Å². The third-order valence-electron chi connectivity index (χ3n) is 4.97. The Bertz CT molecular complexity index is 999. The van der Waals surface area contributed by atoms with Crippen molar-refractivity contribution in [2.75, 3.05) is 25.1 Å². The van der Waals surface area contributed by atoms with Crippen LogP contribution in [0.25, 0.3) is 10.2 Å². The third-order valence-corrected chi connectivity index (χ3v) is 6.17. The second kappa shape index (κ2) is 7.59. The van der Waals surface area contributed by atoms with Gasteiger partial charge in [-0.25, -0.2) is 4.98 Å². The van der Waals surface area contributed by atoms with Gasteiger partial charge in [0.1, 0.15) is 17.3 Å². The average Bonchev–Trinajstić information content (AvgIpc) is 3.08. The first-order valence-electron chi connectivity index (χ1n) is 9.18. The predicted octanol–water partition coefficient (Wildman–Crippen LogP) is 3.63. The lowest BCUT2D eigenvalue weighted by Crippen LogP contribution is -2.42. The molecule has 1 aromatic heterocycles. The Morgan fingerprint density at radius 2 is 2.00 bits per heavy atom. The Kier molecular flexibility index (Phi) is 5.00. The number of aromatic nitrogens is 1. The number of rotatable bonds is 4. The number of nitrogens with zero attached hydrogens (tertiary/aromatic N) is 3. The average molecular weight is 395 g/mol. The van der Waals surface area contributed by atoms with E-state index in [-0.39, 0.29) is 30.8 Å². The number of benzene rings is 2. The monoisotopic (exact) mass is 395 g/mol. The summed E-state index contributed by atoms with van der Waals surface area (Å²) in [6.45, 7) is 2.25. The number of fused-ring (bicyclic) bond motifs is 2. The molecule has 7 heteroatoms. The first kappa shape index (κ1) is 18.4. The lowest BCUT2D eigenvalue weighted by atomic mass is 10.2. The molecule has 28 heavy (non-hydrogen) atoms. The highest BCUT2D eigenvalue weighted by atomic mass is 32.1. The van der Waals surface area contributed by atoms with Gasteiger partial charge in [-0.05, 0) is 31.2 Å². The number of hydrogen-bond donors (Lipinski definition) is 0. The Labute approximate surface area is 167 Å². The van der Waals surface area contributed by atoms with Crippen molar-refractivity contribution in [3.63, 3.8) is 0 Å². The maximum atomic E-state index is 13.0. The van der Waals surface area contributed by atoms with Crippen LogP contribution in [0.2, 0.25) is 0 Å². The van der Waals surface area contributed by atoms with Crippen molar-refractivity contribution in [1.82, 2.24) is 9.88 Å². The molecule has 0 fully saturated rings. The van der Waals surface area contributed by atoms with Crippen molar-refractivity contribution < 1.29 is 14.3 Å². The van der Waals surface area contributed by atoms with Crippen LogP contribution in [0, 0.1) is 0 Å². The molecule has 1 aliphatic rings. The van der Waals surface area contributed by atoms with Crippen molar-refractivity contribution in [3.05, 3.63) is 53.5 Å². The standard InChI is InChI=1S/C21H21N3O3S/c1-14(21-22-15-7-3-6-10-18(15)28-21)23(2)20(26)13-24-16-8-4-5-9-17(16)27-12-11-19(24)25/h3-10,14H,11-13H2,1-2H3. The summed E-state index contributed by atoms with van der Waals surface area (Å²) in [5, 5.41) is 0.878. The Balaban J connectivity index is 1.54. The van der Waals surface area contributed by atoms with Crippen LogP contribution < -0.4 is 9.64 Å². The molecule has 0 N–H and O–H groups in total. The molecule has 144 valence electrons. The molecule has 1 unspecified atom stereocenters. The molecular formula is C21H21N3O3S. The van der Waals surface area contributed by atoms with E-state index in [1.165, 1.54) is 4.90 Å². The van der Waals surface area contributed by atoms with Crippen LogP contribution in [0.4, 0.5) is 5.69 Å². The summed E-state index contributed by atoms with van der Waals surface area (Å²) in [6.07, 6.45) is 0.249. The minimum atomic E-state index is -0.182. The van der Waals surface area contributed by atoms with Gasteiger partial charge in [-0.3, -0.25) is 14.5 Å². The molecule has 3 aromatic rings. The maximum Gasteiger partial charge on any atom is 0.242 e. The molecule has 6 nitrogen and oxygen atoms in total. The lowest BCUT2D eigenvalue weighted by molar-refractivity contribution is -0.132. The fraction of sp³-hybridized carbons (Fsp3) is 0.286. The molecule has 0 saturated carbocycles. The number of anilines is 1. The molecule has 0 aliphatic carbocycles. The van der Waals surface area contributed by atoms with Crippen LogP contribution in [-0.2, 0) is 9.59 Å². The molecule has 2 aromatic carbocycles. The van der Waals surface area contributed by atoms with Gasteiger partial charge < -0.3 is 9.64 Å². The van der Waals surface area contributed by atoms with Crippen LogP contribution in [0.5, 0.6) is 5.75 Å². The summed E-state index contributed by atoms with van der Waals surface area (Å²) in [5.74, 6) is 0.374. The Hall–Kier alpha value is -2.93. The van der Waals surface area contributed by atoms with E-state index in [0.717, 1.165) is 15.2 Å². The molecule has 1 atom stereocenters. The van der Waals surface area contributed by atoms with E-state index in [0.29, 0.717) is 18.0 Å². The van der Waals surface area contributed by atoms with Gasteiger partial charge in [0.25, 0.3) is 0 Å². The minimum absolute atomic E-state index is 0.0229. The summed E-state index contributed by atoms with van der Waals surface area (Å²) in [5.41, 5.74) is 1.57. The van der Waals surface area contributed by atoms with Crippen LogP contribution in [0.15, 0.2) is 48.5 Å². The number of thiazole rings is 1. The van der Waals surface area contributed by atoms with Gasteiger partial charge in [-0.1, -0.05) is 24.3 Å². The molecule has 0 bridgehead atoms. The molecule has 2 heterocycles. The van der Waals surface area contributed by atoms with Crippen LogP contribution in [0.3, 0.4) is 0 Å². The molecule has 2 amide bonds. The smallest absolute Gasteiger partial charge is 0.242 e. The first-order chi connectivity index (χ1) is 13.5. The number of likely N-dealkylation sites (N-methyl/N-ethyl adjacent to an activating group) is 1. The lowest BCUT2D eigenvalue weighted by Gasteiger charge is -2.27. The normalized spacial score (nSPS) is 14.9. The van der Waals surface area contributed by atoms with Crippen molar-refractivity contribution in [3.8, 4) is 5.75 Å². The minimum Gasteiger partial charge on any atom is -0.491 e. The van der Waals surface area contributed by atoms with E-state index in [1.807, 2.05) is 55.5 Å². The summed E-state index contributed by atoms with van der Waals surface area (Å²) in [4.78, 5) is 33.4. The zero-order valence-electron chi connectivity index (χ0n) is 15.8. The topological polar surface area (TPSA) is 62.7 Å². The Morgan fingerprint density at radius 3 is 2.82 bits per heavy atom. The van der Waals surface area contributed by atoms with E-state index in [9.17, 15) is 9.59 Å². The van der Waals surface area contributed by atoms with E-state index in [1.54, 1.807) is 23.3 Å². The second-order valence-corrected chi connectivity index (χ2v) is 7.81. The van der Waals surface area contributed by atoms with E-state index >= 15 is 0 Å². The molecule has 0 spiro atoms. The Morgan fingerprint density at radius 1 is 1.25 bits per heavy atom. The van der Waals surface area contributed by atoms with Gasteiger partial charge in [0.05, 0.1) is 35.0 Å². The van der Waals surface area contributed by atoms with Crippen molar-refractivity contribution in [1.29, 1.82) is 0 Å². The van der Waals surface area contributed by atoms with Crippen molar-refractivity contribution >= 4 is 39.1 Å². The van der Waals surface area contributed by atoms with Gasteiger partial charge in [-0.15, -0.1) is 11.3 Å². The fourth-order valence-electron chi connectivity index (χ4n) is 3.19. The molecular weight excluding hydrogens is 374 g/mol. The quantitative estimate of drug-likeness (QED) is 0.677. The summed E-state index contributed by atoms with van der Waals surface area (Å²) in [7, 11) is 1.75. The third kappa shape index (κ3) is 3.45. The zero-order chi connectivity index (χ0) is 19.7. The number of amides is 2. The zero-order valence-corrected chi connectivity index (χ0v) is 16.6. The van der Waals surface area contributed by atoms with Gasteiger partial charge in [0.2, 0.25) is 11.8 Å². The summed E-state index contributed by atoms with van der Waals surface area (Å²) < 4.78 is 6.74. The number of ether oxygens (including phenoxy) is 1. The van der Waals surface area contributed by atoms with E-state index in [4.69, 9.17) is 4.74 Å². The summed E-state index contributed by atoms with van der Waals surface area (Å²) in [6, 6.07) is 15.1. The second-order valence-electron chi connectivity index (χ2n) is 6.75. The van der Waals surface area contributed by atoms with Crippen molar-refractivity contribution in [2.24, 2.45) is 0 Å². The molecule has 1 aliphatic heterocycles. The fourth-order valence-corrected chi connectivity index (χ4v) is 4.25. The number of carbonyl (C=O) groups excluding carboxylic acids is 2. The van der Waals surface area contributed by atoms with E-state index < -0.39 is 0 Å². The van der Waals surface area contributed by atoms with Gasteiger partial charge in [-0.2, -0.15) is 0 Å². The number of carbonyl (C=O) groups is 2. The largest absolute Gasteiger partial charge is 0.491 e. The van der Waals surface area contributed by atoms with Gasteiger partial charge >= 0.3 is 0 Å².